The van der Waals surface area contributed by atoms with E-state index in [9.17, 15) is 4.79 Å². The van der Waals surface area contributed by atoms with Crippen molar-refractivity contribution in [3.63, 3.8) is 0 Å². The maximum Gasteiger partial charge on any atom is 0.510 e. The molecule has 0 spiro atoms. The van der Waals surface area contributed by atoms with Crippen molar-refractivity contribution in [2.75, 3.05) is 13.2 Å². The van der Waals surface area contributed by atoms with Gasteiger partial charge in [-0.2, -0.15) is 0 Å². The molecule has 0 aromatic heterocycles. The summed E-state index contributed by atoms with van der Waals surface area (Å²) in [5, 5.41) is 0. The van der Waals surface area contributed by atoms with Crippen molar-refractivity contribution in [1.82, 2.24) is 0 Å². The van der Waals surface area contributed by atoms with Crippen molar-refractivity contribution in [3.8, 4) is 12.3 Å². The number of ether oxygens (including phenoxy) is 3. The minimum Gasteiger partial charge on any atom is -0.434 e. The highest BCUT2D eigenvalue weighted by molar-refractivity contribution is 5.60. The fraction of sp³-hybridized carbons (Fsp3) is 0.571. The molecular formula is C7H8O4. The lowest BCUT2D eigenvalue weighted by molar-refractivity contribution is -0.147. The summed E-state index contributed by atoms with van der Waals surface area (Å²) >= 11 is 0. The van der Waals surface area contributed by atoms with Crippen LogP contribution in [0.3, 0.4) is 0 Å². The largest absolute Gasteiger partial charge is 0.510 e. The van der Waals surface area contributed by atoms with E-state index in [1.807, 2.05) is 0 Å². The number of carbonyl (C=O) groups is 1. The van der Waals surface area contributed by atoms with E-state index in [0.717, 1.165) is 0 Å². The van der Waals surface area contributed by atoms with Crippen LogP contribution in [0.5, 0.6) is 0 Å². The molecule has 0 radical (unpaired) electrons. The van der Waals surface area contributed by atoms with Crippen molar-refractivity contribution in [3.05, 3.63) is 0 Å². The lowest BCUT2D eigenvalue weighted by atomic mass is 10.4. The molecule has 1 aliphatic heterocycles. The zero-order valence-corrected chi connectivity index (χ0v) is 5.91. The van der Waals surface area contributed by atoms with Gasteiger partial charge in [0.2, 0.25) is 6.29 Å². The first-order valence-corrected chi connectivity index (χ1v) is 3.21. The first-order chi connectivity index (χ1) is 5.33. The van der Waals surface area contributed by atoms with Crippen LogP contribution < -0.4 is 0 Å². The van der Waals surface area contributed by atoms with E-state index >= 15 is 0 Å². The summed E-state index contributed by atoms with van der Waals surface area (Å²) in [7, 11) is 0. The quantitative estimate of drug-likeness (QED) is 0.432. The van der Waals surface area contributed by atoms with Crippen molar-refractivity contribution in [2.45, 2.75) is 12.7 Å². The normalized spacial score (nSPS) is 23.2. The Hall–Kier alpha value is -1.21. The Kier molecular flexibility index (Phi) is 2.75. The Morgan fingerprint density at radius 1 is 1.82 bits per heavy atom. The minimum atomic E-state index is -0.696. The second-order valence-corrected chi connectivity index (χ2v) is 1.95. The lowest BCUT2D eigenvalue weighted by Crippen LogP contribution is -2.29. The van der Waals surface area contributed by atoms with Crippen LogP contribution in [0.15, 0.2) is 0 Å². The Morgan fingerprint density at radius 3 is 3.27 bits per heavy atom. The monoisotopic (exact) mass is 156 g/mol. The highest BCUT2D eigenvalue weighted by Crippen LogP contribution is 2.08. The molecule has 1 unspecified atom stereocenters. The molecule has 1 aliphatic rings. The van der Waals surface area contributed by atoms with Gasteiger partial charge in [0.15, 0.2) is 0 Å². The molecule has 0 N–H and O–H groups in total. The molecule has 0 amide bonds. The second kappa shape index (κ2) is 3.84. The third-order valence-electron chi connectivity index (χ3n) is 1.15. The molecule has 0 aliphatic carbocycles. The molecule has 1 saturated heterocycles. The Balaban J connectivity index is 2.24. The van der Waals surface area contributed by atoms with E-state index in [0.29, 0.717) is 13.0 Å². The summed E-state index contributed by atoms with van der Waals surface area (Å²) in [6.07, 6.45) is 4.24. The standard InChI is InChI=1S/C7H8O4/c1-2-4-9-6-3-5-10-7(8)11-6/h1,6H,3-5H2. The number of terminal acetylenes is 1. The number of carbonyl (C=O) groups excluding carboxylic acids is 1. The summed E-state index contributed by atoms with van der Waals surface area (Å²) in [6, 6.07) is 0. The summed E-state index contributed by atoms with van der Waals surface area (Å²) in [5.41, 5.74) is 0. The fourth-order valence-electron chi connectivity index (χ4n) is 0.697. The maximum absolute atomic E-state index is 10.5. The van der Waals surface area contributed by atoms with E-state index in [2.05, 4.69) is 15.4 Å². The smallest absolute Gasteiger partial charge is 0.434 e. The fourth-order valence-corrected chi connectivity index (χ4v) is 0.697. The lowest BCUT2D eigenvalue weighted by Gasteiger charge is -2.20. The predicted octanol–water partition coefficient (Wildman–Crippen LogP) is 0.519. The van der Waals surface area contributed by atoms with Crippen LogP contribution in [0.25, 0.3) is 0 Å². The van der Waals surface area contributed by atoms with Crippen molar-refractivity contribution < 1.29 is 19.0 Å². The summed E-state index contributed by atoms with van der Waals surface area (Å²) in [4.78, 5) is 10.5. The van der Waals surface area contributed by atoms with E-state index in [1.165, 1.54) is 0 Å². The topological polar surface area (TPSA) is 44.8 Å². The molecule has 1 heterocycles. The van der Waals surface area contributed by atoms with Gasteiger partial charge in [0, 0.05) is 6.42 Å². The molecule has 1 fully saturated rings. The molecule has 1 atom stereocenters. The Bertz CT molecular complexity index is 181. The molecule has 1 rings (SSSR count). The van der Waals surface area contributed by atoms with Gasteiger partial charge in [-0.15, -0.1) is 6.42 Å². The molecule has 4 heteroatoms. The van der Waals surface area contributed by atoms with Gasteiger partial charge >= 0.3 is 6.16 Å². The van der Waals surface area contributed by atoms with Gasteiger partial charge in [-0.05, 0) is 0 Å². The summed E-state index contributed by atoms with van der Waals surface area (Å²) in [5.74, 6) is 2.28. The van der Waals surface area contributed by atoms with Crippen LogP contribution in [-0.4, -0.2) is 25.7 Å². The molecule has 0 aromatic rings. The molecule has 11 heavy (non-hydrogen) atoms. The van der Waals surface area contributed by atoms with Gasteiger partial charge in [0.25, 0.3) is 0 Å². The Morgan fingerprint density at radius 2 is 2.64 bits per heavy atom. The van der Waals surface area contributed by atoms with E-state index < -0.39 is 12.4 Å². The van der Waals surface area contributed by atoms with Gasteiger partial charge in [-0.25, -0.2) is 4.79 Å². The third-order valence-corrected chi connectivity index (χ3v) is 1.15. The maximum atomic E-state index is 10.5. The molecule has 0 bridgehead atoms. The minimum absolute atomic E-state index is 0.151. The number of hydrogen-bond acceptors (Lipinski definition) is 4. The van der Waals surface area contributed by atoms with Crippen LogP contribution in [0.2, 0.25) is 0 Å². The highest BCUT2D eigenvalue weighted by atomic mass is 16.8. The van der Waals surface area contributed by atoms with E-state index in [1.54, 1.807) is 0 Å². The molecule has 60 valence electrons. The van der Waals surface area contributed by atoms with Crippen molar-refractivity contribution >= 4 is 6.16 Å². The number of hydrogen-bond donors (Lipinski definition) is 0. The zero-order valence-electron chi connectivity index (χ0n) is 5.91. The van der Waals surface area contributed by atoms with Crippen LogP contribution in [0, 0.1) is 12.3 Å². The summed E-state index contributed by atoms with van der Waals surface area (Å²) in [6.45, 7) is 0.478. The molecular weight excluding hydrogens is 148 g/mol. The van der Waals surface area contributed by atoms with E-state index in [4.69, 9.17) is 11.2 Å². The van der Waals surface area contributed by atoms with Crippen LogP contribution in [0.4, 0.5) is 4.79 Å². The first-order valence-electron chi connectivity index (χ1n) is 3.21. The Labute approximate surface area is 64.4 Å². The third kappa shape index (κ3) is 2.48. The van der Waals surface area contributed by atoms with E-state index in [-0.39, 0.29) is 6.61 Å². The van der Waals surface area contributed by atoms with Gasteiger partial charge in [-0.3, -0.25) is 0 Å². The summed E-state index contributed by atoms with van der Waals surface area (Å²) < 4.78 is 14.0. The zero-order chi connectivity index (χ0) is 8.10. The first kappa shape index (κ1) is 7.89. The predicted molar refractivity (Wildman–Crippen MR) is 35.6 cm³/mol. The highest BCUT2D eigenvalue weighted by Gasteiger charge is 2.21. The van der Waals surface area contributed by atoms with Crippen molar-refractivity contribution in [1.29, 1.82) is 0 Å². The molecule has 0 aromatic carbocycles. The molecule has 0 saturated carbocycles. The average molecular weight is 156 g/mol. The van der Waals surface area contributed by atoms with Crippen LogP contribution >= 0.6 is 0 Å². The van der Waals surface area contributed by atoms with Crippen molar-refractivity contribution in [2.24, 2.45) is 0 Å². The van der Waals surface area contributed by atoms with Gasteiger partial charge < -0.3 is 14.2 Å². The van der Waals surface area contributed by atoms with Crippen LogP contribution in [-0.2, 0) is 14.2 Å². The number of rotatable bonds is 2. The SMILES string of the molecule is C#CCOC1CCOC(=O)O1. The number of cyclic esters (lactones) is 2. The molecule has 4 nitrogen and oxygen atoms in total. The van der Waals surface area contributed by atoms with Gasteiger partial charge in [0.05, 0.1) is 0 Å². The van der Waals surface area contributed by atoms with Gasteiger partial charge in [0.1, 0.15) is 13.2 Å². The van der Waals surface area contributed by atoms with Crippen LogP contribution in [0.1, 0.15) is 6.42 Å². The average Bonchev–Trinajstić information content (AvgIpc) is 2.01. The van der Waals surface area contributed by atoms with Gasteiger partial charge in [-0.1, -0.05) is 5.92 Å². The second-order valence-electron chi connectivity index (χ2n) is 1.95.